The average molecular weight is 216 g/mol. The summed E-state index contributed by atoms with van der Waals surface area (Å²) in [4.78, 5) is 6.40. The predicted octanol–water partition coefficient (Wildman–Crippen LogP) is 0.640. The fourth-order valence-corrected chi connectivity index (χ4v) is 1.87. The van der Waals surface area contributed by atoms with Gasteiger partial charge in [-0.1, -0.05) is 11.6 Å². The molecule has 1 aromatic heterocycles. The van der Waals surface area contributed by atoms with Gasteiger partial charge in [-0.2, -0.15) is 0 Å². The van der Waals surface area contributed by atoms with Gasteiger partial charge in [-0.05, 0) is 6.42 Å². The average Bonchev–Trinajstić information content (AvgIpc) is 2.67. The standard InChI is InChI=1S/C9H14ClN3O/c1-12-8(10)4-11-9(12)6-13-3-2-7(14)5-13/h4,7,14H,2-3,5-6H2,1H3. The van der Waals surface area contributed by atoms with E-state index in [1.165, 1.54) is 0 Å². The molecule has 1 aliphatic rings. The van der Waals surface area contributed by atoms with Gasteiger partial charge in [0.2, 0.25) is 0 Å². The van der Waals surface area contributed by atoms with Crippen LogP contribution in [0.1, 0.15) is 12.2 Å². The number of hydrogen-bond donors (Lipinski definition) is 1. The maximum absolute atomic E-state index is 9.36. The fourth-order valence-electron chi connectivity index (χ4n) is 1.73. The molecule has 0 aliphatic carbocycles. The number of likely N-dealkylation sites (tertiary alicyclic amines) is 1. The van der Waals surface area contributed by atoms with Crippen molar-refractivity contribution in [3.63, 3.8) is 0 Å². The number of aromatic nitrogens is 2. The van der Waals surface area contributed by atoms with Crippen LogP contribution in [0.3, 0.4) is 0 Å². The lowest BCUT2D eigenvalue weighted by Crippen LogP contribution is -2.23. The van der Waals surface area contributed by atoms with E-state index in [2.05, 4.69) is 9.88 Å². The molecule has 1 aliphatic heterocycles. The lowest BCUT2D eigenvalue weighted by atomic mass is 10.3. The van der Waals surface area contributed by atoms with Crippen LogP contribution in [-0.2, 0) is 13.6 Å². The van der Waals surface area contributed by atoms with Crippen LogP contribution in [0.2, 0.25) is 5.15 Å². The zero-order chi connectivity index (χ0) is 10.1. The van der Waals surface area contributed by atoms with Gasteiger partial charge in [-0.25, -0.2) is 4.98 Å². The molecular weight excluding hydrogens is 202 g/mol. The number of nitrogens with zero attached hydrogens (tertiary/aromatic N) is 3. The van der Waals surface area contributed by atoms with E-state index in [9.17, 15) is 5.11 Å². The second-order valence-electron chi connectivity index (χ2n) is 3.73. The Balaban J connectivity index is 2.01. The van der Waals surface area contributed by atoms with E-state index in [4.69, 9.17) is 11.6 Å². The van der Waals surface area contributed by atoms with Gasteiger partial charge in [0.25, 0.3) is 0 Å². The van der Waals surface area contributed by atoms with Crippen molar-refractivity contribution in [2.24, 2.45) is 7.05 Å². The highest BCUT2D eigenvalue weighted by Crippen LogP contribution is 2.15. The molecule has 2 rings (SSSR count). The Morgan fingerprint density at radius 2 is 2.50 bits per heavy atom. The first-order chi connectivity index (χ1) is 6.66. The molecule has 0 spiro atoms. The van der Waals surface area contributed by atoms with Gasteiger partial charge in [0.15, 0.2) is 0 Å². The molecule has 1 saturated heterocycles. The Labute approximate surface area is 88.1 Å². The molecule has 1 unspecified atom stereocenters. The Bertz CT molecular complexity index is 326. The molecule has 14 heavy (non-hydrogen) atoms. The molecule has 1 aromatic rings. The second kappa shape index (κ2) is 3.88. The molecule has 78 valence electrons. The van der Waals surface area contributed by atoms with E-state index in [1.54, 1.807) is 6.20 Å². The number of rotatable bonds is 2. The summed E-state index contributed by atoms with van der Waals surface area (Å²) in [7, 11) is 1.90. The summed E-state index contributed by atoms with van der Waals surface area (Å²) in [6.45, 7) is 2.44. The van der Waals surface area contributed by atoms with E-state index in [1.807, 2.05) is 11.6 Å². The fraction of sp³-hybridized carbons (Fsp3) is 0.667. The van der Waals surface area contributed by atoms with E-state index in [0.29, 0.717) is 5.15 Å². The molecule has 4 nitrogen and oxygen atoms in total. The van der Waals surface area contributed by atoms with Gasteiger partial charge in [0.05, 0.1) is 18.8 Å². The molecule has 0 bridgehead atoms. The molecule has 1 fully saturated rings. The van der Waals surface area contributed by atoms with Crippen molar-refractivity contribution in [3.8, 4) is 0 Å². The lowest BCUT2D eigenvalue weighted by Gasteiger charge is -2.14. The third-order valence-corrected chi connectivity index (χ3v) is 2.99. The predicted molar refractivity (Wildman–Crippen MR) is 54.1 cm³/mol. The minimum absolute atomic E-state index is 0.175. The molecule has 0 amide bonds. The highest BCUT2D eigenvalue weighted by atomic mass is 35.5. The molecule has 0 saturated carbocycles. The van der Waals surface area contributed by atoms with Crippen LogP contribution >= 0.6 is 11.6 Å². The van der Waals surface area contributed by atoms with Gasteiger partial charge in [-0.15, -0.1) is 0 Å². The van der Waals surface area contributed by atoms with Gasteiger partial charge in [0.1, 0.15) is 11.0 Å². The number of halogens is 1. The van der Waals surface area contributed by atoms with Gasteiger partial charge >= 0.3 is 0 Å². The van der Waals surface area contributed by atoms with Crippen LogP contribution in [0.4, 0.5) is 0 Å². The second-order valence-corrected chi connectivity index (χ2v) is 4.12. The van der Waals surface area contributed by atoms with Gasteiger partial charge < -0.3 is 9.67 Å². The van der Waals surface area contributed by atoms with E-state index >= 15 is 0 Å². The number of imidazole rings is 1. The quantitative estimate of drug-likeness (QED) is 0.788. The van der Waals surface area contributed by atoms with Gasteiger partial charge in [0, 0.05) is 20.1 Å². The number of hydrogen-bond acceptors (Lipinski definition) is 3. The summed E-state index contributed by atoms with van der Waals surface area (Å²) in [5, 5.41) is 10.0. The van der Waals surface area contributed by atoms with Crippen molar-refractivity contribution in [2.45, 2.75) is 19.1 Å². The van der Waals surface area contributed by atoms with Crippen LogP contribution in [0, 0.1) is 0 Å². The third-order valence-electron chi connectivity index (χ3n) is 2.64. The van der Waals surface area contributed by atoms with Crippen LogP contribution in [0.5, 0.6) is 0 Å². The maximum Gasteiger partial charge on any atom is 0.128 e. The van der Waals surface area contributed by atoms with Crippen molar-refractivity contribution in [3.05, 3.63) is 17.2 Å². The smallest absolute Gasteiger partial charge is 0.128 e. The summed E-state index contributed by atoms with van der Waals surface area (Å²) in [6.07, 6.45) is 2.34. The third kappa shape index (κ3) is 1.92. The summed E-state index contributed by atoms with van der Waals surface area (Å²) >= 11 is 5.88. The van der Waals surface area contributed by atoms with Gasteiger partial charge in [-0.3, -0.25) is 4.90 Å². The number of aliphatic hydroxyl groups is 1. The molecule has 1 atom stereocenters. The summed E-state index contributed by atoms with van der Waals surface area (Å²) in [5.41, 5.74) is 0. The Morgan fingerprint density at radius 3 is 3.00 bits per heavy atom. The summed E-state index contributed by atoms with van der Waals surface area (Å²) in [5.74, 6) is 0.948. The maximum atomic E-state index is 9.36. The molecule has 0 aromatic carbocycles. The molecular formula is C9H14ClN3O. The summed E-state index contributed by atoms with van der Waals surface area (Å²) in [6, 6.07) is 0. The van der Waals surface area contributed by atoms with Crippen molar-refractivity contribution in [1.29, 1.82) is 0 Å². The molecule has 5 heteroatoms. The molecule has 0 radical (unpaired) electrons. The van der Waals surface area contributed by atoms with Crippen LogP contribution in [0.15, 0.2) is 6.20 Å². The van der Waals surface area contributed by atoms with E-state index in [-0.39, 0.29) is 6.10 Å². The van der Waals surface area contributed by atoms with E-state index in [0.717, 1.165) is 31.9 Å². The Morgan fingerprint density at radius 1 is 1.71 bits per heavy atom. The van der Waals surface area contributed by atoms with Crippen molar-refractivity contribution in [1.82, 2.24) is 14.5 Å². The topological polar surface area (TPSA) is 41.3 Å². The minimum Gasteiger partial charge on any atom is -0.392 e. The number of aliphatic hydroxyl groups excluding tert-OH is 1. The summed E-state index contributed by atoms with van der Waals surface area (Å²) < 4.78 is 1.87. The van der Waals surface area contributed by atoms with Crippen molar-refractivity contribution < 1.29 is 5.11 Å². The van der Waals surface area contributed by atoms with E-state index < -0.39 is 0 Å². The monoisotopic (exact) mass is 215 g/mol. The minimum atomic E-state index is -0.175. The lowest BCUT2D eigenvalue weighted by molar-refractivity contribution is 0.173. The zero-order valence-electron chi connectivity index (χ0n) is 8.15. The highest BCUT2D eigenvalue weighted by molar-refractivity contribution is 6.29. The largest absolute Gasteiger partial charge is 0.392 e. The number of β-amino-alcohol motifs (C(OH)–C–C–N with tert-alkyl or cyclic N) is 1. The normalized spacial score (nSPS) is 23.2. The van der Waals surface area contributed by atoms with Crippen molar-refractivity contribution >= 4 is 11.6 Å². The Hall–Kier alpha value is -0.580. The van der Waals surface area contributed by atoms with Crippen LogP contribution in [-0.4, -0.2) is 38.8 Å². The SMILES string of the molecule is Cn1c(Cl)cnc1CN1CCC(O)C1. The first-order valence-corrected chi connectivity index (χ1v) is 5.11. The highest BCUT2D eigenvalue weighted by Gasteiger charge is 2.21. The first-order valence-electron chi connectivity index (χ1n) is 4.73. The first kappa shape index (κ1) is 9.96. The zero-order valence-corrected chi connectivity index (χ0v) is 8.91. The van der Waals surface area contributed by atoms with Crippen molar-refractivity contribution in [2.75, 3.05) is 13.1 Å². The van der Waals surface area contributed by atoms with Crippen LogP contribution in [0.25, 0.3) is 0 Å². The Kier molecular flexibility index (Phi) is 2.76. The molecule has 2 heterocycles. The van der Waals surface area contributed by atoms with Crippen LogP contribution < -0.4 is 0 Å². The molecule has 1 N–H and O–H groups in total.